The zero-order valence-corrected chi connectivity index (χ0v) is 10.8. The minimum Gasteiger partial charge on any atom is -0.498 e. The van der Waals surface area contributed by atoms with E-state index < -0.39 is 6.09 Å². The molecule has 0 radical (unpaired) electrons. The first-order chi connectivity index (χ1) is 8.12. The SMILES string of the molecule is Cl.O=C1CCC[N+](Cc2ccccc2)(C(=O)[O-])C1. The van der Waals surface area contributed by atoms with Gasteiger partial charge in [0.15, 0.2) is 5.78 Å². The van der Waals surface area contributed by atoms with Gasteiger partial charge in [-0.3, -0.25) is 9.28 Å². The Morgan fingerprint density at radius 3 is 2.50 bits per heavy atom. The van der Waals surface area contributed by atoms with Crippen LogP contribution in [0.3, 0.4) is 0 Å². The molecular weight excluding hydrogens is 254 g/mol. The van der Waals surface area contributed by atoms with Crippen LogP contribution in [0.5, 0.6) is 0 Å². The molecule has 1 atom stereocenters. The highest BCUT2D eigenvalue weighted by atomic mass is 35.5. The summed E-state index contributed by atoms with van der Waals surface area (Å²) >= 11 is 0. The Morgan fingerprint density at radius 1 is 1.28 bits per heavy atom. The molecule has 1 unspecified atom stereocenters. The van der Waals surface area contributed by atoms with Gasteiger partial charge in [-0.15, -0.1) is 12.4 Å². The van der Waals surface area contributed by atoms with E-state index in [4.69, 9.17) is 0 Å². The van der Waals surface area contributed by atoms with Crippen molar-refractivity contribution in [1.29, 1.82) is 0 Å². The number of ketones is 1. The summed E-state index contributed by atoms with van der Waals surface area (Å²) in [6.07, 6.45) is -0.0382. The highest BCUT2D eigenvalue weighted by molar-refractivity contribution is 5.85. The summed E-state index contributed by atoms with van der Waals surface area (Å²) < 4.78 is -0.261. The fourth-order valence-corrected chi connectivity index (χ4v) is 2.36. The number of carbonyl (C=O) groups excluding carboxylic acids is 2. The molecule has 1 heterocycles. The summed E-state index contributed by atoms with van der Waals surface area (Å²) in [5.41, 5.74) is 0.923. The maximum atomic E-state index is 11.5. The third-order valence-corrected chi connectivity index (χ3v) is 3.24. The summed E-state index contributed by atoms with van der Waals surface area (Å²) in [5, 5.41) is 11.3. The molecule has 2 rings (SSSR count). The lowest BCUT2D eigenvalue weighted by atomic mass is 10.1. The number of hydrogen-bond acceptors (Lipinski definition) is 3. The van der Waals surface area contributed by atoms with Crippen molar-refractivity contribution < 1.29 is 19.2 Å². The molecule has 1 saturated heterocycles. The Kier molecular flexibility index (Phi) is 4.87. The van der Waals surface area contributed by atoms with Crippen molar-refractivity contribution in [3.05, 3.63) is 35.9 Å². The summed E-state index contributed by atoms with van der Waals surface area (Å²) in [5.74, 6) is 0.0105. The Morgan fingerprint density at radius 2 is 1.94 bits per heavy atom. The van der Waals surface area contributed by atoms with E-state index in [1.165, 1.54) is 0 Å². The van der Waals surface area contributed by atoms with E-state index in [0.717, 1.165) is 5.56 Å². The van der Waals surface area contributed by atoms with Crippen LogP contribution in [0.2, 0.25) is 0 Å². The monoisotopic (exact) mass is 269 g/mol. The van der Waals surface area contributed by atoms with Crippen LogP contribution in [0.4, 0.5) is 4.79 Å². The van der Waals surface area contributed by atoms with Gasteiger partial charge < -0.3 is 9.90 Å². The Labute approximate surface area is 112 Å². The molecule has 18 heavy (non-hydrogen) atoms. The minimum atomic E-state index is -1.15. The number of quaternary nitrogens is 1. The largest absolute Gasteiger partial charge is 0.498 e. The summed E-state index contributed by atoms with van der Waals surface area (Å²) in [6.45, 7) is 0.856. The first kappa shape index (κ1) is 14.7. The number of carboxylic acid groups (broad SMARTS) is 1. The van der Waals surface area contributed by atoms with Crippen LogP contribution in [0.25, 0.3) is 0 Å². The van der Waals surface area contributed by atoms with Crippen LogP contribution in [0.15, 0.2) is 30.3 Å². The Hall–Kier alpha value is -1.39. The molecule has 0 spiro atoms. The fraction of sp³-hybridized carbons (Fsp3) is 0.385. The molecule has 0 bridgehead atoms. The normalized spacial score (nSPS) is 23.2. The molecule has 1 fully saturated rings. The number of halogens is 1. The van der Waals surface area contributed by atoms with Crippen molar-refractivity contribution in [3.8, 4) is 0 Å². The fourth-order valence-electron chi connectivity index (χ4n) is 2.36. The predicted octanol–water partition coefficient (Wildman–Crippen LogP) is 1.13. The second-order valence-corrected chi connectivity index (χ2v) is 4.58. The standard InChI is InChI=1S/C13H15NO3.ClH/c15-12-7-4-8-14(10-12,13(16)17)9-11-5-2-1-3-6-11;/h1-3,5-6H,4,7-10H2;1H. The first-order valence-electron chi connectivity index (χ1n) is 5.76. The Bertz CT molecular complexity index is 435. The van der Waals surface area contributed by atoms with Crippen molar-refractivity contribution in [2.45, 2.75) is 19.4 Å². The molecule has 1 aliphatic rings. The van der Waals surface area contributed by atoms with Crippen molar-refractivity contribution in [3.63, 3.8) is 0 Å². The van der Waals surface area contributed by atoms with Crippen LogP contribution in [-0.2, 0) is 11.3 Å². The molecule has 0 saturated carbocycles. The number of Topliss-reactive ketones (excluding diaryl/α,β-unsaturated/α-hetero) is 1. The Balaban J connectivity index is 0.00000162. The van der Waals surface area contributed by atoms with Gasteiger partial charge >= 0.3 is 0 Å². The summed E-state index contributed by atoms with van der Waals surface area (Å²) in [6, 6.07) is 9.37. The minimum absolute atomic E-state index is 0. The number of amides is 1. The van der Waals surface area contributed by atoms with Gasteiger partial charge in [0.2, 0.25) is 0 Å². The molecule has 1 aliphatic heterocycles. The van der Waals surface area contributed by atoms with E-state index in [0.29, 0.717) is 25.9 Å². The number of nitrogens with zero attached hydrogens (tertiary/aromatic N) is 1. The molecule has 1 amide bonds. The van der Waals surface area contributed by atoms with E-state index in [1.54, 1.807) is 0 Å². The van der Waals surface area contributed by atoms with Crippen LogP contribution in [0, 0.1) is 0 Å². The quantitative estimate of drug-likeness (QED) is 0.757. The second kappa shape index (κ2) is 5.98. The van der Waals surface area contributed by atoms with E-state index in [2.05, 4.69) is 0 Å². The maximum Gasteiger partial charge on any atom is 0.258 e. The van der Waals surface area contributed by atoms with Crippen LogP contribution in [-0.4, -0.2) is 29.4 Å². The number of carbonyl (C=O) groups is 2. The first-order valence-corrected chi connectivity index (χ1v) is 5.76. The van der Waals surface area contributed by atoms with Crippen molar-refractivity contribution in [2.75, 3.05) is 13.1 Å². The van der Waals surface area contributed by atoms with Gasteiger partial charge in [0.25, 0.3) is 6.09 Å². The molecule has 1 aromatic rings. The van der Waals surface area contributed by atoms with E-state index in [9.17, 15) is 14.7 Å². The smallest absolute Gasteiger partial charge is 0.258 e. The molecule has 1 aromatic carbocycles. The van der Waals surface area contributed by atoms with Crippen molar-refractivity contribution in [1.82, 2.24) is 0 Å². The number of hydrogen-bond donors (Lipinski definition) is 0. The number of piperidine rings is 1. The van der Waals surface area contributed by atoms with Crippen LogP contribution < -0.4 is 5.11 Å². The topological polar surface area (TPSA) is 57.2 Å². The van der Waals surface area contributed by atoms with Crippen molar-refractivity contribution in [2.24, 2.45) is 0 Å². The number of benzene rings is 1. The van der Waals surface area contributed by atoms with Crippen LogP contribution in [0.1, 0.15) is 18.4 Å². The lowest BCUT2D eigenvalue weighted by molar-refractivity contribution is -0.884. The number of likely N-dealkylation sites (tertiary alicyclic amines) is 1. The molecule has 5 heteroatoms. The summed E-state index contributed by atoms with van der Waals surface area (Å²) in [7, 11) is 0. The predicted molar refractivity (Wildman–Crippen MR) is 67.0 cm³/mol. The lowest BCUT2D eigenvalue weighted by Gasteiger charge is -2.39. The van der Waals surface area contributed by atoms with E-state index >= 15 is 0 Å². The molecule has 98 valence electrons. The molecular formula is C13H16ClNO3. The van der Waals surface area contributed by atoms with Gasteiger partial charge in [0.05, 0.1) is 6.54 Å². The molecule has 0 aromatic heterocycles. The highest BCUT2D eigenvalue weighted by Gasteiger charge is 2.36. The maximum absolute atomic E-state index is 11.5. The van der Waals surface area contributed by atoms with Gasteiger partial charge in [-0.05, 0) is 0 Å². The average Bonchev–Trinajstić information content (AvgIpc) is 2.30. The van der Waals surface area contributed by atoms with Gasteiger partial charge in [0, 0.05) is 18.4 Å². The van der Waals surface area contributed by atoms with E-state index in [1.807, 2.05) is 30.3 Å². The molecule has 0 N–H and O–H groups in total. The van der Waals surface area contributed by atoms with Gasteiger partial charge in [-0.2, -0.15) is 0 Å². The second-order valence-electron chi connectivity index (χ2n) is 4.58. The zero-order valence-electron chi connectivity index (χ0n) is 10.0. The third kappa shape index (κ3) is 3.09. The lowest BCUT2D eigenvalue weighted by Crippen LogP contribution is -2.62. The number of rotatable bonds is 2. The van der Waals surface area contributed by atoms with Gasteiger partial charge in [-0.1, -0.05) is 30.3 Å². The van der Waals surface area contributed by atoms with Crippen molar-refractivity contribution >= 4 is 24.3 Å². The molecule has 0 aliphatic carbocycles. The molecule has 4 nitrogen and oxygen atoms in total. The van der Waals surface area contributed by atoms with Gasteiger partial charge in [0.1, 0.15) is 13.1 Å². The highest BCUT2D eigenvalue weighted by Crippen LogP contribution is 2.20. The van der Waals surface area contributed by atoms with E-state index in [-0.39, 0.29) is 29.2 Å². The third-order valence-electron chi connectivity index (χ3n) is 3.24. The summed E-state index contributed by atoms with van der Waals surface area (Å²) in [4.78, 5) is 22.8. The zero-order chi connectivity index (χ0) is 12.3. The average molecular weight is 270 g/mol. The van der Waals surface area contributed by atoms with Crippen LogP contribution >= 0.6 is 12.4 Å². The van der Waals surface area contributed by atoms with Gasteiger partial charge in [-0.25, -0.2) is 0 Å².